The predicted octanol–water partition coefficient (Wildman–Crippen LogP) is 1.46. The van der Waals surface area contributed by atoms with Gasteiger partial charge < -0.3 is 19.2 Å². The van der Waals surface area contributed by atoms with Gasteiger partial charge in [-0.15, -0.1) is 0 Å². The van der Waals surface area contributed by atoms with Crippen LogP contribution in [0.5, 0.6) is 0 Å². The van der Waals surface area contributed by atoms with Crippen molar-refractivity contribution in [2.45, 2.75) is 51.7 Å². The van der Waals surface area contributed by atoms with E-state index in [0.717, 1.165) is 35.1 Å². The van der Waals surface area contributed by atoms with Crippen LogP contribution in [0.15, 0.2) is 0 Å². The fourth-order valence-corrected chi connectivity index (χ4v) is 3.05. The van der Waals surface area contributed by atoms with Gasteiger partial charge in [-0.25, -0.2) is 0 Å². The Labute approximate surface area is 126 Å². The second-order valence-corrected chi connectivity index (χ2v) is 7.80. The lowest BCUT2D eigenvalue weighted by Crippen LogP contribution is -2.45. The molecule has 0 heterocycles. The van der Waals surface area contributed by atoms with Crippen molar-refractivity contribution in [1.29, 1.82) is 0 Å². The van der Waals surface area contributed by atoms with E-state index >= 15 is 0 Å². The van der Waals surface area contributed by atoms with Gasteiger partial charge in [-0.2, -0.15) is 0 Å². The molecule has 122 valence electrons. The van der Waals surface area contributed by atoms with E-state index < -0.39 is 0 Å². The van der Waals surface area contributed by atoms with Crippen molar-refractivity contribution in [3.05, 3.63) is 0 Å². The molecule has 0 radical (unpaired) electrons. The van der Waals surface area contributed by atoms with Crippen LogP contribution in [0.25, 0.3) is 0 Å². The molecule has 0 aliphatic carbocycles. The highest BCUT2D eigenvalue weighted by atomic mass is 16.3. The molecule has 0 spiro atoms. The van der Waals surface area contributed by atoms with E-state index in [-0.39, 0.29) is 12.2 Å². The number of likely N-dealkylation sites (N-methyl/N-ethyl adjacent to an activating group) is 2. The van der Waals surface area contributed by atoms with Gasteiger partial charge in [0.1, 0.15) is 25.3 Å². The molecule has 0 aliphatic heterocycles. The SMILES string of the molecule is CC(O)C[N+](C)(C)CCCCCC[N+](C)(C)CC(C)O. The van der Waals surface area contributed by atoms with E-state index in [1.165, 1.54) is 25.7 Å². The minimum Gasteiger partial charge on any atom is -0.388 e. The molecule has 0 amide bonds. The lowest BCUT2D eigenvalue weighted by Gasteiger charge is -2.32. The number of quaternary nitrogens is 2. The maximum absolute atomic E-state index is 9.45. The second kappa shape index (κ2) is 8.98. The van der Waals surface area contributed by atoms with Crippen molar-refractivity contribution in [2.75, 3.05) is 54.4 Å². The van der Waals surface area contributed by atoms with E-state index in [1.54, 1.807) is 0 Å². The minimum atomic E-state index is -0.219. The van der Waals surface area contributed by atoms with Crippen molar-refractivity contribution >= 4 is 0 Å². The van der Waals surface area contributed by atoms with E-state index in [4.69, 9.17) is 0 Å². The van der Waals surface area contributed by atoms with Gasteiger partial charge in [-0.05, 0) is 39.5 Å². The maximum Gasteiger partial charge on any atom is 0.104 e. The van der Waals surface area contributed by atoms with Crippen LogP contribution in [-0.4, -0.2) is 85.8 Å². The van der Waals surface area contributed by atoms with Gasteiger partial charge in [0.15, 0.2) is 0 Å². The smallest absolute Gasteiger partial charge is 0.104 e. The molecule has 0 aliphatic rings. The average Bonchev–Trinajstić information content (AvgIpc) is 2.19. The summed E-state index contributed by atoms with van der Waals surface area (Å²) in [6, 6.07) is 0. The molecule has 0 saturated heterocycles. The molecule has 2 N–H and O–H groups in total. The summed E-state index contributed by atoms with van der Waals surface area (Å²) >= 11 is 0. The van der Waals surface area contributed by atoms with Crippen LogP contribution in [0, 0.1) is 0 Å². The fraction of sp³-hybridized carbons (Fsp3) is 1.00. The molecule has 0 aromatic rings. The summed E-state index contributed by atoms with van der Waals surface area (Å²) in [6.45, 7) is 7.66. The first-order valence-corrected chi connectivity index (χ1v) is 8.04. The van der Waals surface area contributed by atoms with E-state index in [1.807, 2.05) is 13.8 Å². The molecule has 0 aromatic heterocycles. The van der Waals surface area contributed by atoms with Crippen LogP contribution in [0.1, 0.15) is 39.5 Å². The van der Waals surface area contributed by atoms with Gasteiger partial charge in [0.05, 0.1) is 41.3 Å². The number of aliphatic hydroxyl groups is 2. The normalized spacial score (nSPS) is 16.2. The third-order valence-electron chi connectivity index (χ3n) is 3.79. The Kier molecular flexibility index (Phi) is 8.91. The first-order chi connectivity index (χ1) is 9.04. The van der Waals surface area contributed by atoms with Gasteiger partial charge in [0.25, 0.3) is 0 Å². The Morgan fingerprint density at radius 3 is 1.20 bits per heavy atom. The van der Waals surface area contributed by atoms with E-state index in [0.29, 0.717) is 0 Å². The zero-order chi connectivity index (χ0) is 15.8. The van der Waals surface area contributed by atoms with Crippen molar-refractivity contribution in [1.82, 2.24) is 0 Å². The second-order valence-electron chi connectivity index (χ2n) is 7.80. The van der Waals surface area contributed by atoms with Gasteiger partial charge in [-0.1, -0.05) is 0 Å². The number of hydrogen-bond donors (Lipinski definition) is 2. The number of aliphatic hydroxyl groups excluding tert-OH is 2. The molecule has 0 rings (SSSR count). The molecule has 0 fully saturated rings. The number of unbranched alkanes of at least 4 members (excludes halogenated alkanes) is 3. The Bertz CT molecular complexity index is 225. The topological polar surface area (TPSA) is 40.5 Å². The van der Waals surface area contributed by atoms with Crippen molar-refractivity contribution in [3.8, 4) is 0 Å². The lowest BCUT2D eigenvalue weighted by molar-refractivity contribution is -0.894. The summed E-state index contributed by atoms with van der Waals surface area (Å²) in [6.07, 6.45) is 4.53. The van der Waals surface area contributed by atoms with Crippen LogP contribution >= 0.6 is 0 Å². The monoisotopic (exact) mass is 290 g/mol. The van der Waals surface area contributed by atoms with Gasteiger partial charge in [0, 0.05) is 0 Å². The molecule has 0 saturated carbocycles. The minimum absolute atomic E-state index is 0.219. The maximum atomic E-state index is 9.45. The number of hydrogen-bond acceptors (Lipinski definition) is 2. The van der Waals surface area contributed by atoms with Crippen LogP contribution in [-0.2, 0) is 0 Å². The van der Waals surface area contributed by atoms with Gasteiger partial charge in [-0.3, -0.25) is 0 Å². The van der Waals surface area contributed by atoms with E-state index in [2.05, 4.69) is 28.2 Å². The summed E-state index contributed by atoms with van der Waals surface area (Å²) < 4.78 is 1.81. The number of nitrogens with zero attached hydrogens (tertiary/aromatic N) is 2. The molecular formula is C16H38N2O2+2. The summed E-state index contributed by atoms with van der Waals surface area (Å²) in [7, 11) is 8.76. The van der Waals surface area contributed by atoms with Crippen molar-refractivity contribution < 1.29 is 19.2 Å². The van der Waals surface area contributed by atoms with Crippen molar-refractivity contribution in [2.24, 2.45) is 0 Å². The third kappa shape index (κ3) is 11.6. The first-order valence-electron chi connectivity index (χ1n) is 8.04. The third-order valence-corrected chi connectivity index (χ3v) is 3.79. The molecule has 2 atom stereocenters. The Hall–Kier alpha value is -0.160. The molecular weight excluding hydrogens is 252 g/mol. The lowest BCUT2D eigenvalue weighted by atomic mass is 10.1. The highest BCUT2D eigenvalue weighted by Crippen LogP contribution is 2.09. The Morgan fingerprint density at radius 2 is 0.950 bits per heavy atom. The van der Waals surface area contributed by atoms with Gasteiger partial charge in [0.2, 0.25) is 0 Å². The largest absolute Gasteiger partial charge is 0.388 e. The van der Waals surface area contributed by atoms with Crippen LogP contribution in [0.3, 0.4) is 0 Å². The highest BCUT2D eigenvalue weighted by molar-refractivity contribution is 4.48. The summed E-state index contributed by atoms with van der Waals surface area (Å²) in [5.41, 5.74) is 0. The highest BCUT2D eigenvalue weighted by Gasteiger charge is 2.18. The summed E-state index contributed by atoms with van der Waals surface area (Å²) in [4.78, 5) is 0. The molecule has 4 nitrogen and oxygen atoms in total. The quantitative estimate of drug-likeness (QED) is 0.447. The fourth-order valence-electron chi connectivity index (χ4n) is 3.05. The average molecular weight is 290 g/mol. The zero-order valence-electron chi connectivity index (χ0n) is 14.6. The van der Waals surface area contributed by atoms with Crippen LogP contribution < -0.4 is 0 Å². The molecule has 20 heavy (non-hydrogen) atoms. The van der Waals surface area contributed by atoms with Crippen molar-refractivity contribution in [3.63, 3.8) is 0 Å². The Morgan fingerprint density at radius 1 is 0.650 bits per heavy atom. The molecule has 2 unspecified atom stereocenters. The zero-order valence-corrected chi connectivity index (χ0v) is 14.6. The first kappa shape index (κ1) is 19.8. The molecule has 4 heteroatoms. The summed E-state index contributed by atoms with van der Waals surface area (Å²) in [5.74, 6) is 0. The van der Waals surface area contributed by atoms with Gasteiger partial charge >= 0.3 is 0 Å². The summed E-state index contributed by atoms with van der Waals surface area (Å²) in [5, 5.41) is 18.9. The number of rotatable bonds is 11. The predicted molar refractivity (Wildman–Crippen MR) is 85.5 cm³/mol. The Balaban J connectivity index is 3.67. The standard InChI is InChI=1S/C16H38N2O2/c1-15(19)13-17(3,4)11-9-7-8-10-12-18(5,6)14-16(2)20/h15-16,19-20H,7-14H2,1-6H3/q+2. The molecule has 0 aromatic carbocycles. The van der Waals surface area contributed by atoms with E-state index in [9.17, 15) is 10.2 Å². The van der Waals surface area contributed by atoms with Crippen LogP contribution in [0.2, 0.25) is 0 Å². The molecule has 0 bridgehead atoms. The van der Waals surface area contributed by atoms with Crippen LogP contribution in [0.4, 0.5) is 0 Å².